The van der Waals surface area contributed by atoms with Gasteiger partial charge in [0.2, 0.25) is 0 Å². The van der Waals surface area contributed by atoms with Crippen LogP contribution in [0, 0.1) is 0 Å². The highest BCUT2D eigenvalue weighted by molar-refractivity contribution is 7.80. The van der Waals surface area contributed by atoms with Gasteiger partial charge in [0, 0.05) is 13.0 Å². The molecule has 0 aromatic heterocycles. The zero-order chi connectivity index (χ0) is 12.3. The summed E-state index contributed by atoms with van der Waals surface area (Å²) in [6.45, 7) is 0.767. The van der Waals surface area contributed by atoms with Crippen molar-refractivity contribution in [1.29, 1.82) is 0 Å². The van der Waals surface area contributed by atoms with E-state index in [0.29, 0.717) is 12.8 Å². The fraction of sp³-hybridized carbons (Fsp3) is 0.385. The normalized spacial score (nSPS) is 19.3. The summed E-state index contributed by atoms with van der Waals surface area (Å²) >= 11 is 5.35. The molecule has 2 rings (SSSR count). The second kappa shape index (κ2) is 5.27. The number of hydrogen-bond acceptors (Lipinski definition) is 2. The quantitative estimate of drug-likeness (QED) is 0.833. The second-order valence-corrected chi connectivity index (χ2v) is 4.72. The summed E-state index contributed by atoms with van der Waals surface area (Å²) in [4.78, 5) is 13.7. The summed E-state index contributed by atoms with van der Waals surface area (Å²) < 4.78 is 0. The number of carboxylic acids is 1. The minimum Gasteiger partial charge on any atom is -0.480 e. The fourth-order valence-corrected chi connectivity index (χ4v) is 2.58. The molecular formula is C13H15NO2S. The van der Waals surface area contributed by atoms with Crippen LogP contribution in [-0.2, 0) is 11.2 Å². The lowest BCUT2D eigenvalue weighted by Gasteiger charge is -2.24. The van der Waals surface area contributed by atoms with Gasteiger partial charge in [-0.1, -0.05) is 42.5 Å². The number of nitrogens with zero attached hydrogens (tertiary/aromatic N) is 1. The van der Waals surface area contributed by atoms with Gasteiger partial charge in [-0.3, -0.25) is 0 Å². The van der Waals surface area contributed by atoms with Gasteiger partial charge in [-0.15, -0.1) is 0 Å². The Labute approximate surface area is 106 Å². The largest absolute Gasteiger partial charge is 0.480 e. The van der Waals surface area contributed by atoms with Gasteiger partial charge in [-0.2, -0.15) is 0 Å². The molecule has 90 valence electrons. The lowest BCUT2D eigenvalue weighted by Crippen LogP contribution is -2.40. The Morgan fingerprint density at radius 1 is 1.41 bits per heavy atom. The molecule has 17 heavy (non-hydrogen) atoms. The molecule has 4 heteroatoms. The number of benzene rings is 1. The number of hydrogen-bond donors (Lipinski definition) is 1. The molecule has 1 saturated heterocycles. The van der Waals surface area contributed by atoms with Crippen molar-refractivity contribution < 1.29 is 9.90 Å². The predicted molar refractivity (Wildman–Crippen MR) is 70.1 cm³/mol. The van der Waals surface area contributed by atoms with Gasteiger partial charge in [-0.05, 0) is 18.4 Å². The third-order valence-corrected chi connectivity index (χ3v) is 3.44. The van der Waals surface area contributed by atoms with E-state index in [1.165, 1.54) is 0 Å². The third kappa shape index (κ3) is 2.82. The fourth-order valence-electron chi connectivity index (χ4n) is 2.19. The molecule has 0 amide bonds. The van der Waals surface area contributed by atoms with E-state index in [1.807, 2.05) is 35.2 Å². The van der Waals surface area contributed by atoms with Gasteiger partial charge in [-0.25, -0.2) is 4.79 Å². The zero-order valence-electron chi connectivity index (χ0n) is 9.50. The molecule has 0 unspecified atom stereocenters. The number of likely N-dealkylation sites (tertiary alicyclic amines) is 1. The van der Waals surface area contributed by atoms with Gasteiger partial charge < -0.3 is 10.0 Å². The van der Waals surface area contributed by atoms with E-state index in [2.05, 4.69) is 0 Å². The maximum atomic E-state index is 11.1. The molecule has 1 aliphatic rings. The van der Waals surface area contributed by atoms with Crippen LogP contribution < -0.4 is 0 Å². The second-order valence-electron chi connectivity index (χ2n) is 4.25. The SMILES string of the molecule is O=C(O)[C@@H]1CCCN1C(=S)Cc1ccccc1. The highest BCUT2D eigenvalue weighted by Gasteiger charge is 2.31. The molecule has 0 saturated carbocycles. The average molecular weight is 249 g/mol. The van der Waals surface area contributed by atoms with Crippen LogP contribution >= 0.6 is 12.2 Å². The Kier molecular flexibility index (Phi) is 3.74. The predicted octanol–water partition coefficient (Wildman–Crippen LogP) is 2.11. The molecule has 1 atom stereocenters. The molecule has 1 aromatic carbocycles. The van der Waals surface area contributed by atoms with Crippen LogP contribution in [0.1, 0.15) is 18.4 Å². The Balaban J connectivity index is 2.03. The van der Waals surface area contributed by atoms with Crippen LogP contribution in [0.4, 0.5) is 0 Å². The monoisotopic (exact) mass is 249 g/mol. The van der Waals surface area contributed by atoms with Crippen LogP contribution in [0.2, 0.25) is 0 Å². The summed E-state index contributed by atoms with van der Waals surface area (Å²) in [6, 6.07) is 9.50. The van der Waals surface area contributed by atoms with E-state index in [-0.39, 0.29) is 0 Å². The van der Waals surface area contributed by atoms with E-state index in [0.717, 1.165) is 23.5 Å². The third-order valence-electron chi connectivity index (χ3n) is 3.06. The lowest BCUT2D eigenvalue weighted by molar-refractivity contribution is -0.140. The summed E-state index contributed by atoms with van der Waals surface area (Å²) in [5.74, 6) is -0.766. The van der Waals surface area contributed by atoms with E-state index in [9.17, 15) is 4.79 Å². The summed E-state index contributed by atoms with van der Waals surface area (Å²) in [5, 5.41) is 9.10. The Hall–Kier alpha value is -1.42. The van der Waals surface area contributed by atoms with Crippen LogP contribution in [0.25, 0.3) is 0 Å². The topological polar surface area (TPSA) is 40.5 Å². The van der Waals surface area contributed by atoms with Gasteiger partial charge in [0.25, 0.3) is 0 Å². The summed E-state index contributed by atoms with van der Waals surface area (Å²) in [6.07, 6.45) is 2.26. The van der Waals surface area contributed by atoms with Crippen LogP contribution in [0.5, 0.6) is 0 Å². The Bertz CT molecular complexity index is 419. The molecule has 1 N–H and O–H groups in total. The van der Waals surface area contributed by atoms with E-state index in [4.69, 9.17) is 17.3 Å². The molecule has 1 aliphatic heterocycles. The van der Waals surface area contributed by atoms with Gasteiger partial charge in [0.1, 0.15) is 6.04 Å². The number of carbonyl (C=O) groups is 1. The van der Waals surface area contributed by atoms with Crippen LogP contribution in [0.3, 0.4) is 0 Å². The highest BCUT2D eigenvalue weighted by atomic mass is 32.1. The first kappa shape index (κ1) is 12.0. The molecule has 1 heterocycles. The minimum absolute atomic E-state index is 0.425. The molecule has 0 aliphatic carbocycles. The van der Waals surface area contributed by atoms with Crippen LogP contribution in [-0.4, -0.2) is 33.6 Å². The number of rotatable bonds is 3. The maximum absolute atomic E-state index is 11.1. The summed E-state index contributed by atoms with van der Waals surface area (Å²) in [7, 11) is 0. The first-order chi connectivity index (χ1) is 8.18. The molecule has 0 radical (unpaired) electrons. The van der Waals surface area contributed by atoms with Gasteiger partial charge in [0.15, 0.2) is 0 Å². The number of aliphatic carboxylic acids is 1. The van der Waals surface area contributed by atoms with Crippen molar-refractivity contribution in [3.05, 3.63) is 35.9 Å². The molecule has 0 bridgehead atoms. The zero-order valence-corrected chi connectivity index (χ0v) is 10.3. The van der Waals surface area contributed by atoms with Crippen molar-refractivity contribution in [1.82, 2.24) is 4.90 Å². The van der Waals surface area contributed by atoms with Crippen molar-refractivity contribution in [2.75, 3.05) is 6.54 Å². The van der Waals surface area contributed by atoms with Crippen molar-refractivity contribution in [2.45, 2.75) is 25.3 Å². The van der Waals surface area contributed by atoms with Crippen molar-refractivity contribution in [3.63, 3.8) is 0 Å². The van der Waals surface area contributed by atoms with E-state index < -0.39 is 12.0 Å². The molecular weight excluding hydrogens is 234 g/mol. The smallest absolute Gasteiger partial charge is 0.326 e. The molecule has 1 aromatic rings. The molecule has 0 spiro atoms. The Morgan fingerprint density at radius 2 is 2.12 bits per heavy atom. The van der Waals surface area contributed by atoms with E-state index >= 15 is 0 Å². The van der Waals surface area contributed by atoms with Gasteiger partial charge >= 0.3 is 5.97 Å². The highest BCUT2D eigenvalue weighted by Crippen LogP contribution is 2.19. The average Bonchev–Trinajstić information content (AvgIpc) is 2.79. The first-order valence-corrected chi connectivity index (χ1v) is 6.15. The van der Waals surface area contributed by atoms with Gasteiger partial charge in [0.05, 0.1) is 4.99 Å². The standard InChI is InChI=1S/C13H15NO2S/c15-13(16)11-7-4-8-14(11)12(17)9-10-5-2-1-3-6-10/h1-3,5-6,11H,4,7-9H2,(H,15,16)/t11-/m0/s1. The molecule has 1 fully saturated rings. The van der Waals surface area contributed by atoms with Crippen molar-refractivity contribution in [2.24, 2.45) is 0 Å². The van der Waals surface area contributed by atoms with Crippen LogP contribution in [0.15, 0.2) is 30.3 Å². The lowest BCUT2D eigenvalue weighted by atomic mass is 10.1. The number of carboxylic acid groups (broad SMARTS) is 1. The Morgan fingerprint density at radius 3 is 2.76 bits per heavy atom. The molecule has 3 nitrogen and oxygen atoms in total. The minimum atomic E-state index is -0.766. The summed E-state index contributed by atoms with van der Waals surface area (Å²) in [5.41, 5.74) is 1.13. The first-order valence-electron chi connectivity index (χ1n) is 5.74. The van der Waals surface area contributed by atoms with E-state index in [1.54, 1.807) is 0 Å². The van der Waals surface area contributed by atoms with Crippen molar-refractivity contribution >= 4 is 23.2 Å². The van der Waals surface area contributed by atoms with Crippen molar-refractivity contribution in [3.8, 4) is 0 Å². The maximum Gasteiger partial charge on any atom is 0.326 e. The number of thiocarbonyl (C=S) groups is 1.